The monoisotopic (exact) mass is 254 g/mol. The van der Waals surface area contributed by atoms with Gasteiger partial charge < -0.3 is 10.1 Å². The molecule has 106 valence electrons. The molecule has 3 nitrogen and oxygen atoms in total. The lowest BCUT2D eigenvalue weighted by molar-refractivity contribution is 0.184. The summed E-state index contributed by atoms with van der Waals surface area (Å²) in [5.74, 6) is 1.59. The SMILES string of the molecule is CC(C)CCN(CCNCC1CCOC1)C1CC1. The lowest BCUT2D eigenvalue weighted by Crippen LogP contribution is -2.36. The van der Waals surface area contributed by atoms with Crippen molar-refractivity contribution in [2.24, 2.45) is 11.8 Å². The molecule has 0 aromatic rings. The van der Waals surface area contributed by atoms with Crippen LogP contribution in [0.15, 0.2) is 0 Å². The first-order valence-corrected chi connectivity index (χ1v) is 7.78. The van der Waals surface area contributed by atoms with Crippen LogP contribution in [-0.2, 0) is 4.74 Å². The quantitative estimate of drug-likeness (QED) is 0.638. The minimum absolute atomic E-state index is 0.759. The fraction of sp³-hybridized carbons (Fsp3) is 1.00. The van der Waals surface area contributed by atoms with Gasteiger partial charge in [0.2, 0.25) is 0 Å². The Morgan fingerprint density at radius 2 is 2.06 bits per heavy atom. The van der Waals surface area contributed by atoms with Crippen LogP contribution in [0.25, 0.3) is 0 Å². The van der Waals surface area contributed by atoms with Crippen LogP contribution < -0.4 is 5.32 Å². The molecule has 0 radical (unpaired) electrons. The van der Waals surface area contributed by atoms with E-state index < -0.39 is 0 Å². The smallest absolute Gasteiger partial charge is 0.0507 e. The maximum Gasteiger partial charge on any atom is 0.0507 e. The largest absolute Gasteiger partial charge is 0.381 e. The number of ether oxygens (including phenoxy) is 1. The normalized spacial score (nSPS) is 24.3. The molecule has 0 aromatic carbocycles. The summed E-state index contributed by atoms with van der Waals surface area (Å²) in [7, 11) is 0. The van der Waals surface area contributed by atoms with Gasteiger partial charge in [-0.05, 0) is 44.1 Å². The molecule has 0 spiro atoms. The molecule has 2 fully saturated rings. The second-order valence-electron chi connectivity index (χ2n) is 6.38. The van der Waals surface area contributed by atoms with Gasteiger partial charge in [0.05, 0.1) is 6.61 Å². The molecular weight excluding hydrogens is 224 g/mol. The van der Waals surface area contributed by atoms with Gasteiger partial charge >= 0.3 is 0 Å². The van der Waals surface area contributed by atoms with Gasteiger partial charge in [0.1, 0.15) is 0 Å². The van der Waals surface area contributed by atoms with Gasteiger partial charge in [-0.15, -0.1) is 0 Å². The molecule has 0 aromatic heterocycles. The summed E-state index contributed by atoms with van der Waals surface area (Å²) in [6.45, 7) is 11.4. The lowest BCUT2D eigenvalue weighted by Gasteiger charge is -2.23. The third kappa shape index (κ3) is 5.25. The number of nitrogens with zero attached hydrogens (tertiary/aromatic N) is 1. The van der Waals surface area contributed by atoms with Crippen LogP contribution in [0.4, 0.5) is 0 Å². The fourth-order valence-corrected chi connectivity index (χ4v) is 2.61. The van der Waals surface area contributed by atoms with Crippen molar-refractivity contribution in [2.75, 3.05) is 39.4 Å². The van der Waals surface area contributed by atoms with Gasteiger partial charge in [0.25, 0.3) is 0 Å². The molecule has 1 aliphatic carbocycles. The van der Waals surface area contributed by atoms with E-state index in [2.05, 4.69) is 24.1 Å². The lowest BCUT2D eigenvalue weighted by atomic mass is 10.1. The van der Waals surface area contributed by atoms with E-state index in [4.69, 9.17) is 4.74 Å². The van der Waals surface area contributed by atoms with E-state index in [1.54, 1.807) is 0 Å². The van der Waals surface area contributed by atoms with Crippen molar-refractivity contribution in [3.8, 4) is 0 Å². The average Bonchev–Trinajstić information content (AvgIpc) is 3.05. The molecule has 3 heteroatoms. The molecule has 2 rings (SSSR count). The van der Waals surface area contributed by atoms with Gasteiger partial charge in [-0.2, -0.15) is 0 Å². The number of hydrogen-bond acceptors (Lipinski definition) is 3. The van der Waals surface area contributed by atoms with Crippen LogP contribution in [0, 0.1) is 11.8 Å². The Hall–Kier alpha value is -0.120. The van der Waals surface area contributed by atoms with E-state index in [9.17, 15) is 0 Å². The number of rotatable bonds is 9. The summed E-state index contributed by atoms with van der Waals surface area (Å²) in [5.41, 5.74) is 0. The van der Waals surface area contributed by atoms with Crippen molar-refractivity contribution in [2.45, 2.75) is 45.6 Å². The van der Waals surface area contributed by atoms with Crippen LogP contribution in [0.5, 0.6) is 0 Å². The van der Waals surface area contributed by atoms with Crippen molar-refractivity contribution in [3.63, 3.8) is 0 Å². The van der Waals surface area contributed by atoms with Crippen molar-refractivity contribution in [1.82, 2.24) is 10.2 Å². The molecule has 2 aliphatic rings. The van der Waals surface area contributed by atoms with Gasteiger partial charge in [-0.1, -0.05) is 13.8 Å². The van der Waals surface area contributed by atoms with E-state index in [1.807, 2.05) is 0 Å². The second-order valence-corrected chi connectivity index (χ2v) is 6.38. The first-order chi connectivity index (χ1) is 8.75. The predicted octanol–water partition coefficient (Wildman–Crippen LogP) is 2.12. The summed E-state index contributed by atoms with van der Waals surface area (Å²) < 4.78 is 5.40. The Morgan fingerprint density at radius 1 is 1.22 bits per heavy atom. The van der Waals surface area contributed by atoms with E-state index in [-0.39, 0.29) is 0 Å². The minimum Gasteiger partial charge on any atom is -0.381 e. The molecule has 1 heterocycles. The summed E-state index contributed by atoms with van der Waals surface area (Å²) >= 11 is 0. The molecule has 18 heavy (non-hydrogen) atoms. The first kappa shape index (κ1) is 14.3. The first-order valence-electron chi connectivity index (χ1n) is 7.78. The highest BCUT2D eigenvalue weighted by molar-refractivity contribution is 4.85. The zero-order valence-corrected chi connectivity index (χ0v) is 12.2. The van der Waals surface area contributed by atoms with Crippen molar-refractivity contribution < 1.29 is 4.74 Å². The zero-order chi connectivity index (χ0) is 12.8. The molecule has 1 saturated carbocycles. The molecule has 1 aliphatic heterocycles. The molecule has 1 saturated heterocycles. The average molecular weight is 254 g/mol. The highest BCUT2D eigenvalue weighted by Crippen LogP contribution is 2.26. The summed E-state index contributed by atoms with van der Waals surface area (Å²) in [4.78, 5) is 2.69. The molecule has 0 amide bonds. The highest BCUT2D eigenvalue weighted by Gasteiger charge is 2.28. The van der Waals surface area contributed by atoms with Gasteiger partial charge in [-0.25, -0.2) is 0 Å². The Labute approximate surface area is 112 Å². The van der Waals surface area contributed by atoms with Crippen molar-refractivity contribution in [1.29, 1.82) is 0 Å². The topological polar surface area (TPSA) is 24.5 Å². The second kappa shape index (κ2) is 7.46. The van der Waals surface area contributed by atoms with Crippen LogP contribution in [0.3, 0.4) is 0 Å². The summed E-state index contributed by atoms with van der Waals surface area (Å²) in [6.07, 6.45) is 5.43. The van der Waals surface area contributed by atoms with E-state index in [0.29, 0.717) is 0 Å². The van der Waals surface area contributed by atoms with Crippen LogP contribution in [0.1, 0.15) is 39.5 Å². The number of hydrogen-bond donors (Lipinski definition) is 1. The molecule has 0 bridgehead atoms. The Morgan fingerprint density at radius 3 is 2.67 bits per heavy atom. The summed E-state index contributed by atoms with van der Waals surface area (Å²) in [5, 5.41) is 3.61. The van der Waals surface area contributed by atoms with Crippen molar-refractivity contribution >= 4 is 0 Å². The highest BCUT2D eigenvalue weighted by atomic mass is 16.5. The minimum atomic E-state index is 0.759. The fourth-order valence-electron chi connectivity index (χ4n) is 2.61. The number of nitrogens with one attached hydrogen (secondary N) is 1. The van der Waals surface area contributed by atoms with E-state index in [1.165, 1.54) is 38.8 Å². The summed E-state index contributed by atoms with van der Waals surface area (Å²) in [6, 6.07) is 0.903. The Kier molecular flexibility index (Phi) is 5.93. The van der Waals surface area contributed by atoms with Crippen molar-refractivity contribution in [3.05, 3.63) is 0 Å². The standard InChI is InChI=1S/C15H30N2O/c1-13(2)5-8-17(15-3-4-15)9-7-16-11-14-6-10-18-12-14/h13-16H,3-12H2,1-2H3. The third-order valence-electron chi connectivity index (χ3n) is 4.09. The predicted molar refractivity (Wildman–Crippen MR) is 75.8 cm³/mol. The van der Waals surface area contributed by atoms with E-state index in [0.717, 1.165) is 44.2 Å². The molecule has 1 N–H and O–H groups in total. The van der Waals surface area contributed by atoms with Crippen LogP contribution in [0.2, 0.25) is 0 Å². The van der Waals surface area contributed by atoms with Gasteiger partial charge in [0, 0.05) is 32.3 Å². The Bertz CT molecular complexity index is 223. The molecule has 1 atom stereocenters. The molecular formula is C15H30N2O. The van der Waals surface area contributed by atoms with Gasteiger partial charge in [0.15, 0.2) is 0 Å². The third-order valence-corrected chi connectivity index (χ3v) is 4.09. The zero-order valence-electron chi connectivity index (χ0n) is 12.2. The maximum absolute atomic E-state index is 5.40. The van der Waals surface area contributed by atoms with E-state index >= 15 is 0 Å². The van der Waals surface area contributed by atoms with Gasteiger partial charge in [-0.3, -0.25) is 4.90 Å². The maximum atomic E-state index is 5.40. The van der Waals surface area contributed by atoms with Crippen LogP contribution in [-0.4, -0.2) is 50.3 Å². The van der Waals surface area contributed by atoms with Crippen LogP contribution >= 0.6 is 0 Å². The Balaban J connectivity index is 1.54. The molecule has 1 unspecified atom stereocenters.